The average molecular weight is 370 g/mol. The first-order chi connectivity index (χ1) is 13.1. The maximum absolute atomic E-state index is 12.6. The van der Waals surface area contributed by atoms with Gasteiger partial charge in [0.25, 0.3) is 0 Å². The second-order valence-corrected chi connectivity index (χ2v) is 7.75. The molecule has 0 unspecified atom stereocenters. The van der Waals surface area contributed by atoms with Crippen molar-refractivity contribution in [3.8, 4) is 0 Å². The fourth-order valence-corrected chi connectivity index (χ4v) is 4.07. The molecule has 2 aliphatic heterocycles. The minimum atomic E-state index is -0.0669. The number of amides is 2. The van der Waals surface area contributed by atoms with Crippen molar-refractivity contribution >= 4 is 17.6 Å². The molecular formula is C22H30N2O3. The van der Waals surface area contributed by atoms with Gasteiger partial charge in [0.05, 0.1) is 0 Å². The van der Waals surface area contributed by atoms with Crippen LogP contribution in [-0.2, 0) is 20.8 Å². The van der Waals surface area contributed by atoms with Crippen LogP contribution < -0.4 is 0 Å². The lowest BCUT2D eigenvalue weighted by molar-refractivity contribution is -0.136. The quantitative estimate of drug-likeness (QED) is 0.774. The Kier molecular flexibility index (Phi) is 7.02. The van der Waals surface area contributed by atoms with E-state index < -0.39 is 0 Å². The normalized spacial score (nSPS) is 21.0. The summed E-state index contributed by atoms with van der Waals surface area (Å²) in [5.41, 5.74) is 1.03. The average Bonchev–Trinajstić information content (AvgIpc) is 2.91. The first-order valence-electron chi connectivity index (χ1n) is 10.3. The molecule has 0 spiro atoms. The topological polar surface area (TPSA) is 57.7 Å². The molecule has 0 saturated carbocycles. The van der Waals surface area contributed by atoms with Crippen molar-refractivity contribution in [1.82, 2.24) is 9.80 Å². The van der Waals surface area contributed by atoms with Gasteiger partial charge in [-0.05, 0) is 31.2 Å². The van der Waals surface area contributed by atoms with Crippen molar-refractivity contribution in [3.63, 3.8) is 0 Å². The third-order valence-corrected chi connectivity index (χ3v) is 5.72. The summed E-state index contributed by atoms with van der Waals surface area (Å²) in [6, 6.07) is 9.79. The summed E-state index contributed by atoms with van der Waals surface area (Å²) in [7, 11) is 0. The van der Waals surface area contributed by atoms with Gasteiger partial charge >= 0.3 is 0 Å². The molecule has 146 valence electrons. The van der Waals surface area contributed by atoms with Crippen LogP contribution in [0.25, 0.3) is 0 Å². The van der Waals surface area contributed by atoms with Gasteiger partial charge < -0.3 is 9.80 Å². The number of benzene rings is 1. The zero-order chi connectivity index (χ0) is 19.1. The predicted molar refractivity (Wildman–Crippen MR) is 104 cm³/mol. The van der Waals surface area contributed by atoms with Crippen LogP contribution in [0.1, 0.15) is 50.5 Å². The van der Waals surface area contributed by atoms with E-state index >= 15 is 0 Å². The van der Waals surface area contributed by atoms with Gasteiger partial charge in [-0.15, -0.1) is 0 Å². The molecule has 0 aromatic heterocycles. The van der Waals surface area contributed by atoms with Crippen LogP contribution in [0, 0.1) is 5.92 Å². The van der Waals surface area contributed by atoms with Gasteiger partial charge in [0.2, 0.25) is 11.8 Å². The number of Topliss-reactive ketones (excluding diaryl/α,β-unsaturated/α-hetero) is 1. The van der Waals surface area contributed by atoms with Crippen molar-refractivity contribution in [1.29, 1.82) is 0 Å². The second-order valence-electron chi connectivity index (χ2n) is 7.75. The Morgan fingerprint density at radius 2 is 1.81 bits per heavy atom. The molecule has 1 aromatic rings. The van der Waals surface area contributed by atoms with E-state index in [-0.39, 0.29) is 23.5 Å². The van der Waals surface area contributed by atoms with E-state index in [0.717, 1.165) is 50.8 Å². The maximum atomic E-state index is 12.6. The Balaban J connectivity index is 1.48. The molecule has 0 aliphatic carbocycles. The highest BCUT2D eigenvalue weighted by molar-refractivity contribution is 5.85. The van der Waals surface area contributed by atoms with E-state index in [1.165, 1.54) is 0 Å². The molecule has 3 rings (SSSR count). The summed E-state index contributed by atoms with van der Waals surface area (Å²) in [5.74, 6) is 0.406. The Labute approximate surface area is 161 Å². The van der Waals surface area contributed by atoms with E-state index in [0.29, 0.717) is 32.4 Å². The number of likely N-dealkylation sites (tertiary alicyclic amines) is 2. The first kappa shape index (κ1) is 19.6. The molecule has 2 saturated heterocycles. The van der Waals surface area contributed by atoms with E-state index in [1.54, 1.807) is 0 Å². The van der Waals surface area contributed by atoms with Gasteiger partial charge in [0.1, 0.15) is 5.78 Å². The number of hydrogen-bond donors (Lipinski definition) is 0. The monoisotopic (exact) mass is 370 g/mol. The van der Waals surface area contributed by atoms with Crippen molar-refractivity contribution in [3.05, 3.63) is 35.9 Å². The summed E-state index contributed by atoms with van der Waals surface area (Å²) in [4.78, 5) is 41.0. The predicted octanol–water partition coefficient (Wildman–Crippen LogP) is 2.83. The van der Waals surface area contributed by atoms with E-state index in [4.69, 9.17) is 0 Å². The Bertz CT molecular complexity index is 659. The van der Waals surface area contributed by atoms with Gasteiger partial charge in [0, 0.05) is 51.4 Å². The Morgan fingerprint density at radius 3 is 2.63 bits per heavy atom. The van der Waals surface area contributed by atoms with Gasteiger partial charge in [-0.3, -0.25) is 14.4 Å². The summed E-state index contributed by atoms with van der Waals surface area (Å²) in [5, 5.41) is 0. The molecule has 2 amide bonds. The molecular weight excluding hydrogens is 340 g/mol. The molecule has 0 radical (unpaired) electrons. The van der Waals surface area contributed by atoms with Crippen molar-refractivity contribution in [2.24, 2.45) is 5.92 Å². The molecule has 5 heteroatoms. The number of hydrogen-bond acceptors (Lipinski definition) is 3. The van der Waals surface area contributed by atoms with Gasteiger partial charge in [-0.1, -0.05) is 36.8 Å². The van der Waals surface area contributed by atoms with Gasteiger partial charge in [-0.2, -0.15) is 0 Å². The van der Waals surface area contributed by atoms with Gasteiger partial charge in [-0.25, -0.2) is 0 Å². The molecule has 2 fully saturated rings. The third-order valence-electron chi connectivity index (χ3n) is 5.72. The number of piperidine rings is 1. The minimum Gasteiger partial charge on any atom is -0.342 e. The number of carbonyl (C=O) groups is 3. The second kappa shape index (κ2) is 9.67. The molecule has 27 heavy (non-hydrogen) atoms. The number of carbonyl (C=O) groups excluding carboxylic acids is 3. The third kappa shape index (κ3) is 5.65. The van der Waals surface area contributed by atoms with E-state index in [9.17, 15) is 14.4 Å². The van der Waals surface area contributed by atoms with Crippen molar-refractivity contribution in [2.45, 2.75) is 51.4 Å². The molecule has 0 bridgehead atoms. The van der Waals surface area contributed by atoms with Crippen LogP contribution in [0.5, 0.6) is 0 Å². The zero-order valence-electron chi connectivity index (χ0n) is 16.1. The van der Waals surface area contributed by atoms with Crippen LogP contribution >= 0.6 is 0 Å². The smallest absolute Gasteiger partial charge is 0.224 e. The van der Waals surface area contributed by atoms with E-state index in [1.807, 2.05) is 40.1 Å². The molecule has 1 atom stereocenters. The fourth-order valence-electron chi connectivity index (χ4n) is 4.07. The lowest BCUT2D eigenvalue weighted by atomic mass is 9.90. The summed E-state index contributed by atoms with van der Waals surface area (Å²) >= 11 is 0. The van der Waals surface area contributed by atoms with Crippen LogP contribution in [0.3, 0.4) is 0 Å². The van der Waals surface area contributed by atoms with Crippen molar-refractivity contribution in [2.75, 3.05) is 26.2 Å². The lowest BCUT2D eigenvalue weighted by Gasteiger charge is -2.33. The molecule has 0 N–H and O–H groups in total. The first-order valence-corrected chi connectivity index (χ1v) is 10.3. The largest absolute Gasteiger partial charge is 0.342 e. The van der Waals surface area contributed by atoms with Crippen LogP contribution in [0.15, 0.2) is 30.3 Å². The highest BCUT2D eigenvalue weighted by atomic mass is 16.2. The lowest BCUT2D eigenvalue weighted by Crippen LogP contribution is -2.44. The Morgan fingerprint density at radius 1 is 1.00 bits per heavy atom. The van der Waals surface area contributed by atoms with Crippen LogP contribution in [0.4, 0.5) is 0 Å². The molecule has 1 aromatic carbocycles. The molecule has 5 nitrogen and oxygen atoms in total. The minimum absolute atomic E-state index is 0.0669. The highest BCUT2D eigenvalue weighted by Crippen LogP contribution is 2.20. The SMILES string of the molecule is O=C(Cc1ccccc1)[C@H]1CCCN(C(=O)CCN2CCCCCC2=O)C1. The summed E-state index contributed by atoms with van der Waals surface area (Å²) < 4.78 is 0. The fraction of sp³-hybridized carbons (Fsp3) is 0.591. The zero-order valence-corrected chi connectivity index (χ0v) is 16.1. The molecule has 2 heterocycles. The van der Waals surface area contributed by atoms with E-state index in [2.05, 4.69) is 0 Å². The number of ketones is 1. The maximum Gasteiger partial charge on any atom is 0.224 e. The highest BCUT2D eigenvalue weighted by Gasteiger charge is 2.28. The number of nitrogens with zero attached hydrogens (tertiary/aromatic N) is 2. The van der Waals surface area contributed by atoms with Crippen molar-refractivity contribution < 1.29 is 14.4 Å². The standard InChI is InChI=1S/C22H30N2O3/c25-20(16-18-8-3-1-4-9-18)19-10-7-14-24(17-19)22(27)12-15-23-13-6-2-5-11-21(23)26/h1,3-4,8-9,19H,2,5-7,10-17H2/t19-/m0/s1. The van der Waals surface area contributed by atoms with Crippen LogP contribution in [-0.4, -0.2) is 53.6 Å². The number of rotatable bonds is 6. The molecule has 2 aliphatic rings. The van der Waals surface area contributed by atoms with Gasteiger partial charge in [0.15, 0.2) is 0 Å². The Hall–Kier alpha value is -2.17. The van der Waals surface area contributed by atoms with Crippen LogP contribution in [0.2, 0.25) is 0 Å². The summed E-state index contributed by atoms with van der Waals surface area (Å²) in [6.45, 7) is 2.53. The summed E-state index contributed by atoms with van der Waals surface area (Å²) in [6.07, 6.45) is 6.22.